The zero-order valence-electron chi connectivity index (χ0n) is 17.8. The van der Waals surface area contributed by atoms with Crippen molar-refractivity contribution in [3.05, 3.63) is 53.6 Å². The second-order valence-electron chi connectivity index (χ2n) is 6.87. The maximum Gasteiger partial charge on any atom is 0.240 e. The second-order valence-corrected chi connectivity index (χ2v) is 8.07. The highest BCUT2D eigenvalue weighted by molar-refractivity contribution is 8.15. The van der Waals surface area contributed by atoms with Crippen LogP contribution in [0.15, 0.2) is 52.7 Å². The van der Waals surface area contributed by atoms with Crippen molar-refractivity contribution in [2.24, 2.45) is 10.2 Å². The molecule has 2 aromatic carbocycles. The minimum absolute atomic E-state index is 0.0434. The molecule has 1 heterocycles. The van der Waals surface area contributed by atoms with Gasteiger partial charge in [-0.15, -0.1) is 5.10 Å². The first-order valence-corrected chi connectivity index (χ1v) is 10.5. The quantitative estimate of drug-likeness (QED) is 0.508. The summed E-state index contributed by atoms with van der Waals surface area (Å²) >= 11 is 1.19. The summed E-state index contributed by atoms with van der Waals surface area (Å²) in [6.45, 7) is 3.78. The van der Waals surface area contributed by atoms with Crippen LogP contribution in [0.5, 0.6) is 11.5 Å². The molecule has 0 aromatic heterocycles. The molecule has 162 valence electrons. The SMILES string of the molecule is COc1ccc(/C(C)=N\N=C2\NC(=O)C(CC(=O)Nc3ccc(C)cc3)S2)cc1OC. The Balaban J connectivity index is 1.62. The molecule has 1 aliphatic rings. The molecule has 0 spiro atoms. The highest BCUT2D eigenvalue weighted by Crippen LogP contribution is 2.28. The standard InChI is InChI=1S/C22H24N4O4S/c1-13-5-8-16(9-6-13)23-20(27)12-19-21(28)24-22(31-19)26-25-14(2)15-7-10-17(29-3)18(11-15)30-4/h5-11,19H,12H2,1-4H3,(H,23,27)(H,24,26,28)/b25-14-. The van der Waals surface area contributed by atoms with Crippen LogP contribution in [0.2, 0.25) is 0 Å². The Bertz CT molecular complexity index is 1030. The summed E-state index contributed by atoms with van der Waals surface area (Å²) in [5.74, 6) is 0.714. The number of nitrogens with zero attached hydrogens (tertiary/aromatic N) is 2. The molecule has 1 aliphatic heterocycles. The number of ether oxygens (including phenoxy) is 2. The molecule has 2 aromatic rings. The number of hydrogen-bond donors (Lipinski definition) is 2. The van der Waals surface area contributed by atoms with Crippen molar-refractivity contribution in [1.82, 2.24) is 5.32 Å². The van der Waals surface area contributed by atoms with Gasteiger partial charge in [-0.25, -0.2) is 0 Å². The van der Waals surface area contributed by atoms with Crippen LogP contribution >= 0.6 is 11.8 Å². The highest BCUT2D eigenvalue weighted by atomic mass is 32.2. The first kappa shape index (κ1) is 22.4. The van der Waals surface area contributed by atoms with Crippen LogP contribution in [0.3, 0.4) is 0 Å². The second kappa shape index (κ2) is 10.1. The number of amidine groups is 1. The van der Waals surface area contributed by atoms with Gasteiger partial charge in [0, 0.05) is 17.7 Å². The average Bonchev–Trinajstić information content (AvgIpc) is 3.12. The first-order chi connectivity index (χ1) is 14.9. The minimum atomic E-state index is -0.555. The number of rotatable bonds is 7. The Morgan fingerprint density at radius 3 is 2.52 bits per heavy atom. The van der Waals surface area contributed by atoms with Crippen molar-refractivity contribution in [2.45, 2.75) is 25.5 Å². The van der Waals surface area contributed by atoms with Crippen LogP contribution in [0, 0.1) is 6.92 Å². The van der Waals surface area contributed by atoms with Gasteiger partial charge in [-0.3, -0.25) is 9.59 Å². The smallest absolute Gasteiger partial charge is 0.240 e. The van der Waals surface area contributed by atoms with Crippen molar-refractivity contribution >= 4 is 40.1 Å². The lowest BCUT2D eigenvalue weighted by atomic mass is 10.1. The number of benzene rings is 2. The van der Waals surface area contributed by atoms with E-state index in [1.54, 1.807) is 33.3 Å². The minimum Gasteiger partial charge on any atom is -0.493 e. The fourth-order valence-electron chi connectivity index (χ4n) is 2.84. The van der Waals surface area contributed by atoms with Crippen molar-refractivity contribution in [2.75, 3.05) is 19.5 Å². The number of hydrogen-bond acceptors (Lipinski definition) is 7. The predicted molar refractivity (Wildman–Crippen MR) is 123 cm³/mol. The van der Waals surface area contributed by atoms with E-state index in [2.05, 4.69) is 20.8 Å². The summed E-state index contributed by atoms with van der Waals surface area (Å²) in [5.41, 5.74) is 3.26. The van der Waals surface area contributed by atoms with E-state index in [0.29, 0.717) is 28.1 Å². The largest absolute Gasteiger partial charge is 0.493 e. The lowest BCUT2D eigenvalue weighted by molar-refractivity contribution is -0.122. The number of thioether (sulfide) groups is 1. The molecule has 2 N–H and O–H groups in total. The lowest BCUT2D eigenvalue weighted by Crippen LogP contribution is -2.28. The molecule has 8 nitrogen and oxygen atoms in total. The van der Waals surface area contributed by atoms with Crippen LogP contribution in [-0.2, 0) is 9.59 Å². The highest BCUT2D eigenvalue weighted by Gasteiger charge is 2.32. The van der Waals surface area contributed by atoms with Crippen LogP contribution in [0.4, 0.5) is 5.69 Å². The fourth-order valence-corrected chi connectivity index (χ4v) is 3.76. The van der Waals surface area contributed by atoms with Crippen molar-refractivity contribution < 1.29 is 19.1 Å². The number of carbonyl (C=O) groups is 2. The van der Waals surface area contributed by atoms with E-state index in [9.17, 15) is 9.59 Å². The van der Waals surface area contributed by atoms with Gasteiger partial charge >= 0.3 is 0 Å². The number of amides is 2. The summed E-state index contributed by atoms with van der Waals surface area (Å²) in [6.07, 6.45) is 0.0434. The summed E-state index contributed by atoms with van der Waals surface area (Å²) in [6, 6.07) is 12.9. The van der Waals surface area contributed by atoms with E-state index in [1.807, 2.05) is 37.3 Å². The van der Waals surface area contributed by atoms with Crippen molar-refractivity contribution in [3.8, 4) is 11.5 Å². The van der Waals surface area contributed by atoms with Crippen molar-refractivity contribution in [3.63, 3.8) is 0 Å². The maximum atomic E-state index is 12.3. The van der Waals surface area contributed by atoms with Gasteiger partial charge in [0.2, 0.25) is 11.8 Å². The summed E-state index contributed by atoms with van der Waals surface area (Å²) in [7, 11) is 3.13. The molecular weight excluding hydrogens is 416 g/mol. The average molecular weight is 441 g/mol. The number of methoxy groups -OCH3 is 2. The van der Waals surface area contributed by atoms with E-state index in [-0.39, 0.29) is 18.2 Å². The monoisotopic (exact) mass is 440 g/mol. The Labute approximate surface area is 185 Å². The summed E-state index contributed by atoms with van der Waals surface area (Å²) in [4.78, 5) is 24.5. The molecule has 0 aliphatic carbocycles. The zero-order valence-corrected chi connectivity index (χ0v) is 18.6. The van der Waals surface area contributed by atoms with Crippen molar-refractivity contribution in [1.29, 1.82) is 0 Å². The van der Waals surface area contributed by atoms with Gasteiger partial charge in [-0.2, -0.15) is 5.10 Å². The van der Waals surface area contributed by atoms with Gasteiger partial charge in [0.25, 0.3) is 0 Å². The Hall–Kier alpha value is -3.33. The van der Waals surface area contributed by atoms with Gasteiger partial charge in [-0.1, -0.05) is 29.5 Å². The molecule has 1 fully saturated rings. The van der Waals surface area contributed by atoms with E-state index < -0.39 is 5.25 Å². The van der Waals surface area contributed by atoms with Crippen LogP contribution in [0.1, 0.15) is 24.5 Å². The number of carbonyl (C=O) groups excluding carboxylic acids is 2. The third-order valence-corrected chi connectivity index (χ3v) is 5.65. The molecule has 2 amide bonds. The molecule has 1 saturated heterocycles. The van der Waals surface area contributed by atoms with E-state index >= 15 is 0 Å². The Kier molecular flexibility index (Phi) is 7.30. The molecule has 0 radical (unpaired) electrons. The Morgan fingerprint density at radius 2 is 1.84 bits per heavy atom. The number of nitrogens with one attached hydrogen (secondary N) is 2. The van der Waals surface area contributed by atoms with E-state index in [0.717, 1.165) is 11.1 Å². The molecular formula is C22H24N4O4S. The third kappa shape index (κ3) is 5.85. The van der Waals surface area contributed by atoms with Crippen LogP contribution in [0.25, 0.3) is 0 Å². The topological polar surface area (TPSA) is 101 Å². The predicted octanol–water partition coefficient (Wildman–Crippen LogP) is 3.35. The molecule has 1 unspecified atom stereocenters. The molecule has 9 heteroatoms. The summed E-state index contributed by atoms with van der Waals surface area (Å²) in [5, 5.41) is 13.6. The van der Waals surface area contributed by atoms with Gasteiger partial charge in [0.15, 0.2) is 16.7 Å². The number of aryl methyl sites for hydroxylation is 1. The fraction of sp³-hybridized carbons (Fsp3) is 0.273. The maximum absolute atomic E-state index is 12.3. The molecule has 31 heavy (non-hydrogen) atoms. The van der Waals surface area contributed by atoms with Gasteiger partial charge in [0.05, 0.1) is 19.9 Å². The molecule has 0 bridgehead atoms. The van der Waals surface area contributed by atoms with Crippen LogP contribution in [-0.4, -0.2) is 42.2 Å². The third-order valence-electron chi connectivity index (χ3n) is 4.57. The van der Waals surface area contributed by atoms with Gasteiger partial charge < -0.3 is 20.1 Å². The first-order valence-electron chi connectivity index (χ1n) is 9.58. The van der Waals surface area contributed by atoms with E-state index in [1.165, 1.54) is 11.8 Å². The molecule has 0 saturated carbocycles. The van der Waals surface area contributed by atoms with Gasteiger partial charge in [0.1, 0.15) is 5.25 Å². The lowest BCUT2D eigenvalue weighted by Gasteiger charge is -2.08. The molecule has 3 rings (SSSR count). The van der Waals surface area contributed by atoms with Gasteiger partial charge in [-0.05, 0) is 44.2 Å². The van der Waals surface area contributed by atoms with Crippen LogP contribution < -0.4 is 20.1 Å². The molecule has 1 atom stereocenters. The Morgan fingerprint density at radius 1 is 1.13 bits per heavy atom. The number of anilines is 1. The summed E-state index contributed by atoms with van der Waals surface area (Å²) < 4.78 is 10.5. The zero-order chi connectivity index (χ0) is 22.4. The van der Waals surface area contributed by atoms with E-state index in [4.69, 9.17) is 9.47 Å². The normalized spacial score (nSPS) is 17.4.